The number of esters is 1. The number of carbonyl (C=O) groups is 3. The van der Waals surface area contributed by atoms with Crippen LogP contribution in [-0.2, 0) is 23.9 Å². The van der Waals surface area contributed by atoms with Crippen molar-refractivity contribution in [3.05, 3.63) is 61.2 Å². The molecule has 0 saturated carbocycles. The smallest absolute Gasteiger partial charge is 0.306 e. The standard InChI is InChI=1S/C24H34N2O6/c1-3-5-12-23(29)32-21(19-10-7-6-8-11-19)18-26-24(30)20(9-4-2)17-22(28)25-13-15-31-16-14-27/h3-4,6-8,10-11,20-21,27H,1-2,5,9,12-18H2,(H,25,28)(H,26,30)/t20-,21+/m1/s1. The van der Waals surface area contributed by atoms with Crippen LogP contribution in [-0.4, -0.2) is 55.8 Å². The van der Waals surface area contributed by atoms with Gasteiger partial charge in [0, 0.05) is 19.4 Å². The molecule has 0 unspecified atom stereocenters. The number of aliphatic hydroxyl groups is 1. The summed E-state index contributed by atoms with van der Waals surface area (Å²) in [5, 5.41) is 14.1. The van der Waals surface area contributed by atoms with Gasteiger partial charge in [-0.05, 0) is 18.4 Å². The second-order valence-electron chi connectivity index (χ2n) is 7.07. The molecule has 32 heavy (non-hydrogen) atoms. The fourth-order valence-electron chi connectivity index (χ4n) is 2.88. The van der Waals surface area contributed by atoms with E-state index in [4.69, 9.17) is 14.6 Å². The molecule has 2 atom stereocenters. The van der Waals surface area contributed by atoms with Crippen LogP contribution in [0.15, 0.2) is 55.6 Å². The van der Waals surface area contributed by atoms with E-state index < -0.39 is 12.0 Å². The Balaban J connectivity index is 2.65. The minimum atomic E-state index is -0.639. The van der Waals surface area contributed by atoms with Gasteiger partial charge in [0.2, 0.25) is 11.8 Å². The van der Waals surface area contributed by atoms with Gasteiger partial charge in [0.25, 0.3) is 0 Å². The number of benzene rings is 1. The lowest BCUT2D eigenvalue weighted by Gasteiger charge is -2.21. The number of hydrogen-bond donors (Lipinski definition) is 3. The maximum Gasteiger partial charge on any atom is 0.306 e. The van der Waals surface area contributed by atoms with Crippen LogP contribution in [0.4, 0.5) is 0 Å². The molecule has 176 valence electrons. The number of ether oxygens (including phenoxy) is 2. The van der Waals surface area contributed by atoms with Gasteiger partial charge in [-0.2, -0.15) is 0 Å². The quantitative estimate of drug-likeness (QED) is 0.192. The third kappa shape index (κ3) is 11.4. The van der Waals surface area contributed by atoms with Crippen molar-refractivity contribution in [2.45, 2.75) is 31.8 Å². The highest BCUT2D eigenvalue weighted by molar-refractivity contribution is 5.86. The van der Waals surface area contributed by atoms with E-state index in [0.29, 0.717) is 12.8 Å². The highest BCUT2D eigenvalue weighted by atomic mass is 16.5. The van der Waals surface area contributed by atoms with E-state index in [1.54, 1.807) is 12.2 Å². The molecule has 3 N–H and O–H groups in total. The number of nitrogens with one attached hydrogen (secondary N) is 2. The van der Waals surface area contributed by atoms with E-state index in [2.05, 4.69) is 23.8 Å². The zero-order valence-electron chi connectivity index (χ0n) is 18.5. The first-order valence-corrected chi connectivity index (χ1v) is 10.7. The van der Waals surface area contributed by atoms with Gasteiger partial charge in [-0.25, -0.2) is 0 Å². The fourth-order valence-corrected chi connectivity index (χ4v) is 2.88. The Morgan fingerprint density at radius 2 is 1.81 bits per heavy atom. The maximum atomic E-state index is 12.7. The maximum absolute atomic E-state index is 12.7. The molecule has 8 nitrogen and oxygen atoms in total. The number of aliphatic hydroxyl groups excluding tert-OH is 1. The Kier molecular flexibility index (Phi) is 14.1. The SMILES string of the molecule is C=CCCC(=O)O[C@@H](CNC(=O)[C@H](CC=C)CC(=O)NCCOCCO)c1ccccc1. The van der Waals surface area contributed by atoms with Gasteiger partial charge in [0.1, 0.15) is 6.10 Å². The summed E-state index contributed by atoms with van der Waals surface area (Å²) in [5.74, 6) is -1.58. The molecule has 0 aliphatic heterocycles. The summed E-state index contributed by atoms with van der Waals surface area (Å²) in [4.78, 5) is 37.0. The summed E-state index contributed by atoms with van der Waals surface area (Å²) in [6, 6.07) is 9.16. The van der Waals surface area contributed by atoms with E-state index in [9.17, 15) is 14.4 Å². The van der Waals surface area contributed by atoms with E-state index in [-0.39, 0.29) is 63.5 Å². The second kappa shape index (κ2) is 16.7. The minimum Gasteiger partial charge on any atom is -0.456 e. The van der Waals surface area contributed by atoms with Gasteiger partial charge >= 0.3 is 5.97 Å². The van der Waals surface area contributed by atoms with Crippen molar-refractivity contribution in [1.82, 2.24) is 10.6 Å². The molecule has 1 aromatic rings. The first-order valence-electron chi connectivity index (χ1n) is 10.7. The predicted molar refractivity (Wildman–Crippen MR) is 122 cm³/mol. The Hall–Kier alpha value is -2.97. The fraction of sp³-hybridized carbons (Fsp3) is 0.458. The van der Waals surface area contributed by atoms with Gasteiger partial charge in [-0.15, -0.1) is 13.2 Å². The first-order chi connectivity index (χ1) is 15.5. The molecule has 0 radical (unpaired) electrons. The lowest BCUT2D eigenvalue weighted by atomic mass is 9.99. The molecule has 0 fully saturated rings. The van der Waals surface area contributed by atoms with Crippen LogP contribution >= 0.6 is 0 Å². The molecule has 0 aliphatic rings. The molecule has 1 rings (SSSR count). The zero-order valence-corrected chi connectivity index (χ0v) is 18.5. The Morgan fingerprint density at radius 1 is 1.06 bits per heavy atom. The highest BCUT2D eigenvalue weighted by Gasteiger charge is 2.23. The normalized spacial score (nSPS) is 12.3. The third-order valence-electron chi connectivity index (χ3n) is 4.52. The van der Waals surface area contributed by atoms with Crippen LogP contribution in [0.1, 0.15) is 37.4 Å². The van der Waals surface area contributed by atoms with E-state index in [1.165, 1.54) is 0 Å². The number of carbonyl (C=O) groups excluding carboxylic acids is 3. The van der Waals surface area contributed by atoms with Crippen LogP contribution in [0.3, 0.4) is 0 Å². The molecule has 0 aliphatic carbocycles. The largest absolute Gasteiger partial charge is 0.456 e. The lowest BCUT2D eigenvalue weighted by molar-refractivity contribution is -0.150. The van der Waals surface area contributed by atoms with Crippen LogP contribution in [0.25, 0.3) is 0 Å². The van der Waals surface area contributed by atoms with Crippen molar-refractivity contribution in [1.29, 1.82) is 0 Å². The Morgan fingerprint density at radius 3 is 2.47 bits per heavy atom. The molecule has 1 aromatic carbocycles. The van der Waals surface area contributed by atoms with Crippen molar-refractivity contribution in [3.8, 4) is 0 Å². The van der Waals surface area contributed by atoms with E-state index >= 15 is 0 Å². The predicted octanol–water partition coefficient (Wildman–Crippen LogP) is 2.06. The van der Waals surface area contributed by atoms with Crippen molar-refractivity contribution in [2.75, 3.05) is 32.9 Å². The van der Waals surface area contributed by atoms with Gasteiger partial charge in [0.05, 0.1) is 32.3 Å². The molecule has 2 amide bonds. The molecule has 0 spiro atoms. The Labute approximate surface area is 189 Å². The van der Waals surface area contributed by atoms with Gasteiger partial charge in [-0.1, -0.05) is 42.5 Å². The van der Waals surface area contributed by atoms with Crippen molar-refractivity contribution >= 4 is 17.8 Å². The topological polar surface area (TPSA) is 114 Å². The van der Waals surface area contributed by atoms with Crippen molar-refractivity contribution in [3.63, 3.8) is 0 Å². The molecule has 8 heteroatoms. The average Bonchev–Trinajstić information content (AvgIpc) is 2.80. The summed E-state index contributed by atoms with van der Waals surface area (Å²) in [7, 11) is 0. The van der Waals surface area contributed by atoms with Gasteiger partial charge in [0.15, 0.2) is 0 Å². The van der Waals surface area contributed by atoms with E-state index in [1.807, 2.05) is 30.3 Å². The number of hydrogen-bond acceptors (Lipinski definition) is 6. The summed E-state index contributed by atoms with van der Waals surface area (Å²) in [6.07, 6.45) is 3.63. The van der Waals surface area contributed by atoms with Gasteiger partial charge < -0.3 is 25.2 Å². The highest BCUT2D eigenvalue weighted by Crippen LogP contribution is 2.18. The molecular formula is C24H34N2O6. The zero-order chi connectivity index (χ0) is 23.6. The Bertz CT molecular complexity index is 722. The van der Waals surface area contributed by atoms with E-state index in [0.717, 1.165) is 5.56 Å². The molecule has 0 heterocycles. The van der Waals surface area contributed by atoms with Crippen LogP contribution in [0.5, 0.6) is 0 Å². The molecular weight excluding hydrogens is 412 g/mol. The minimum absolute atomic E-state index is 0.00696. The second-order valence-corrected chi connectivity index (χ2v) is 7.07. The van der Waals surface area contributed by atoms with Crippen molar-refractivity contribution < 1.29 is 29.0 Å². The number of rotatable bonds is 17. The van der Waals surface area contributed by atoms with Crippen LogP contribution in [0, 0.1) is 5.92 Å². The molecule has 0 bridgehead atoms. The lowest BCUT2D eigenvalue weighted by Crippen LogP contribution is -2.38. The van der Waals surface area contributed by atoms with Crippen LogP contribution in [0.2, 0.25) is 0 Å². The van der Waals surface area contributed by atoms with Crippen LogP contribution < -0.4 is 10.6 Å². The summed E-state index contributed by atoms with van der Waals surface area (Å²) in [6.45, 7) is 8.05. The number of allylic oxidation sites excluding steroid dienone is 2. The monoisotopic (exact) mass is 446 g/mol. The molecule has 0 saturated heterocycles. The average molecular weight is 447 g/mol. The third-order valence-corrected chi connectivity index (χ3v) is 4.52. The first kappa shape index (κ1) is 27.1. The summed E-state index contributed by atoms with van der Waals surface area (Å²) in [5.41, 5.74) is 0.764. The van der Waals surface area contributed by atoms with Crippen molar-refractivity contribution in [2.24, 2.45) is 5.92 Å². The molecule has 0 aromatic heterocycles. The number of amides is 2. The van der Waals surface area contributed by atoms with Gasteiger partial charge in [-0.3, -0.25) is 14.4 Å². The summed E-state index contributed by atoms with van der Waals surface area (Å²) >= 11 is 0. The summed E-state index contributed by atoms with van der Waals surface area (Å²) < 4.78 is 10.7.